The van der Waals surface area contributed by atoms with Crippen molar-refractivity contribution >= 4 is 22.8 Å². The summed E-state index contributed by atoms with van der Waals surface area (Å²) in [6, 6.07) is 7.05. The first-order valence-electron chi connectivity index (χ1n) is 11.9. The minimum absolute atomic E-state index is 0.0520. The Morgan fingerprint density at radius 2 is 2.06 bits per heavy atom. The summed E-state index contributed by atoms with van der Waals surface area (Å²) < 4.78 is 7.04. The third-order valence-electron chi connectivity index (χ3n) is 6.62. The molecule has 4 heterocycles. The zero-order valence-corrected chi connectivity index (χ0v) is 20.3. The zero-order chi connectivity index (χ0) is 25.2. The molecule has 4 aromatic rings. The molecule has 0 saturated heterocycles. The Balaban J connectivity index is 1.30. The van der Waals surface area contributed by atoms with Gasteiger partial charge in [-0.25, -0.2) is 9.78 Å². The summed E-state index contributed by atoms with van der Waals surface area (Å²) in [6.07, 6.45) is 7.60. The average molecular weight is 486 g/mol. The number of aromatic nitrogens is 3. The standard InChI is InChI=1S/C27H27N5O4/c1-17-3-4-22-19(11-27(35)36-24(22)9-17)10-26(34)32-7-5-21-20(14-32)12-29-18(2)23(21)13-30-25(33)15-31-8-6-28-16-31/h3-4,6,8-9,11-12,16H,5,7,10,13-15H2,1-2H3,(H,30,33). The summed E-state index contributed by atoms with van der Waals surface area (Å²) >= 11 is 0. The predicted molar refractivity (Wildman–Crippen MR) is 133 cm³/mol. The Morgan fingerprint density at radius 1 is 1.19 bits per heavy atom. The number of imidazole rings is 1. The largest absolute Gasteiger partial charge is 0.423 e. The number of hydrogen-bond donors (Lipinski definition) is 1. The van der Waals surface area contributed by atoms with Gasteiger partial charge in [0.15, 0.2) is 0 Å². The van der Waals surface area contributed by atoms with E-state index in [4.69, 9.17) is 4.42 Å². The van der Waals surface area contributed by atoms with Crippen molar-refractivity contribution in [1.82, 2.24) is 24.8 Å². The number of benzene rings is 1. The number of nitrogens with one attached hydrogen (secondary N) is 1. The monoisotopic (exact) mass is 485 g/mol. The lowest BCUT2D eigenvalue weighted by molar-refractivity contribution is -0.131. The van der Waals surface area contributed by atoms with E-state index in [0.29, 0.717) is 37.2 Å². The van der Waals surface area contributed by atoms with Crippen molar-refractivity contribution < 1.29 is 14.0 Å². The summed E-state index contributed by atoms with van der Waals surface area (Å²) in [4.78, 5) is 47.9. The van der Waals surface area contributed by atoms with Gasteiger partial charge in [-0.05, 0) is 54.2 Å². The number of nitrogens with zero attached hydrogens (tertiary/aromatic N) is 4. The highest BCUT2D eigenvalue weighted by atomic mass is 16.4. The van der Waals surface area contributed by atoms with Gasteiger partial charge in [0, 0.05) is 55.4 Å². The highest BCUT2D eigenvalue weighted by Crippen LogP contribution is 2.25. The number of rotatable bonds is 6. The molecular formula is C27H27N5O4. The molecule has 0 spiro atoms. The molecule has 184 valence electrons. The van der Waals surface area contributed by atoms with Crippen molar-refractivity contribution in [3.63, 3.8) is 0 Å². The van der Waals surface area contributed by atoms with Gasteiger partial charge in [-0.2, -0.15) is 0 Å². The average Bonchev–Trinajstić information content (AvgIpc) is 3.35. The lowest BCUT2D eigenvalue weighted by atomic mass is 9.94. The van der Waals surface area contributed by atoms with Crippen molar-refractivity contribution in [2.24, 2.45) is 0 Å². The van der Waals surface area contributed by atoms with Crippen LogP contribution in [0.1, 0.15) is 33.5 Å². The van der Waals surface area contributed by atoms with Gasteiger partial charge in [0.05, 0.1) is 12.7 Å². The minimum Gasteiger partial charge on any atom is -0.423 e. The Hall–Kier alpha value is -4.27. The molecule has 0 aliphatic carbocycles. The molecule has 5 rings (SSSR count). The zero-order valence-electron chi connectivity index (χ0n) is 20.3. The van der Waals surface area contributed by atoms with Crippen molar-refractivity contribution in [3.05, 3.63) is 93.1 Å². The first kappa shape index (κ1) is 23.5. The predicted octanol–water partition coefficient (Wildman–Crippen LogP) is 2.45. The molecule has 0 unspecified atom stereocenters. The maximum atomic E-state index is 13.2. The molecule has 0 saturated carbocycles. The number of pyridine rings is 1. The van der Waals surface area contributed by atoms with Crippen LogP contribution in [0.5, 0.6) is 0 Å². The molecule has 1 N–H and O–H groups in total. The maximum Gasteiger partial charge on any atom is 0.336 e. The van der Waals surface area contributed by atoms with Gasteiger partial charge in [-0.1, -0.05) is 12.1 Å². The molecule has 36 heavy (non-hydrogen) atoms. The molecule has 9 nitrogen and oxygen atoms in total. The molecule has 1 aliphatic rings. The van der Waals surface area contributed by atoms with E-state index in [0.717, 1.165) is 33.3 Å². The smallest absolute Gasteiger partial charge is 0.336 e. The first-order chi connectivity index (χ1) is 17.4. The molecule has 3 aromatic heterocycles. The molecule has 0 fully saturated rings. The van der Waals surface area contributed by atoms with Gasteiger partial charge in [-0.15, -0.1) is 0 Å². The Morgan fingerprint density at radius 3 is 2.86 bits per heavy atom. The van der Waals surface area contributed by atoms with E-state index in [-0.39, 0.29) is 24.8 Å². The fourth-order valence-electron chi connectivity index (χ4n) is 4.72. The highest BCUT2D eigenvalue weighted by Gasteiger charge is 2.25. The molecule has 9 heteroatoms. The van der Waals surface area contributed by atoms with Crippen molar-refractivity contribution in [3.8, 4) is 0 Å². The molecule has 0 atom stereocenters. The number of aryl methyl sites for hydroxylation is 2. The topological polar surface area (TPSA) is 110 Å². The fraction of sp³-hybridized carbons (Fsp3) is 0.296. The van der Waals surface area contributed by atoms with Crippen LogP contribution >= 0.6 is 0 Å². The molecule has 0 bridgehead atoms. The van der Waals surface area contributed by atoms with Crippen LogP contribution in [0.25, 0.3) is 11.0 Å². The van der Waals surface area contributed by atoms with E-state index in [9.17, 15) is 14.4 Å². The summed E-state index contributed by atoms with van der Waals surface area (Å²) in [5, 5.41) is 3.75. The molecular weight excluding hydrogens is 458 g/mol. The number of carbonyl (C=O) groups is 2. The number of hydrogen-bond acceptors (Lipinski definition) is 6. The number of amides is 2. The number of carbonyl (C=O) groups excluding carboxylic acids is 2. The third-order valence-corrected chi connectivity index (χ3v) is 6.62. The van der Waals surface area contributed by atoms with Crippen LogP contribution < -0.4 is 10.9 Å². The number of fused-ring (bicyclic) bond motifs is 2. The van der Waals surface area contributed by atoms with Gasteiger partial charge in [-0.3, -0.25) is 14.6 Å². The van der Waals surface area contributed by atoms with Crippen LogP contribution in [-0.2, 0) is 42.1 Å². The fourth-order valence-corrected chi connectivity index (χ4v) is 4.72. The quantitative estimate of drug-likeness (QED) is 0.420. The van der Waals surface area contributed by atoms with Gasteiger partial charge >= 0.3 is 5.63 Å². The van der Waals surface area contributed by atoms with Crippen LogP contribution in [0.15, 0.2) is 58.4 Å². The maximum absolute atomic E-state index is 13.2. The summed E-state index contributed by atoms with van der Waals surface area (Å²) in [5.74, 6) is -0.156. The molecule has 1 aromatic carbocycles. The summed E-state index contributed by atoms with van der Waals surface area (Å²) in [6.45, 7) is 5.45. The van der Waals surface area contributed by atoms with E-state index < -0.39 is 5.63 Å². The molecule has 2 amide bonds. The third kappa shape index (κ3) is 4.91. The van der Waals surface area contributed by atoms with E-state index in [1.165, 1.54) is 6.07 Å². The van der Waals surface area contributed by atoms with E-state index in [1.54, 1.807) is 28.2 Å². The van der Waals surface area contributed by atoms with Gasteiger partial charge in [0.25, 0.3) is 0 Å². The molecule has 1 aliphatic heterocycles. The van der Waals surface area contributed by atoms with E-state index in [1.807, 2.05) is 38.2 Å². The second kappa shape index (κ2) is 9.77. The first-order valence-corrected chi connectivity index (χ1v) is 11.9. The van der Waals surface area contributed by atoms with E-state index in [2.05, 4.69) is 15.3 Å². The Labute approximate surface area is 207 Å². The minimum atomic E-state index is -0.459. The summed E-state index contributed by atoms with van der Waals surface area (Å²) in [7, 11) is 0. The van der Waals surface area contributed by atoms with Crippen LogP contribution in [0, 0.1) is 13.8 Å². The Bertz CT molecular complexity index is 1510. The second-order valence-electron chi connectivity index (χ2n) is 9.17. The van der Waals surface area contributed by atoms with Gasteiger partial charge < -0.3 is 19.2 Å². The Kier molecular flexibility index (Phi) is 6.37. The second-order valence-corrected chi connectivity index (χ2v) is 9.17. The lowest BCUT2D eigenvalue weighted by Gasteiger charge is -2.30. The summed E-state index contributed by atoms with van der Waals surface area (Å²) in [5.41, 5.74) is 5.67. The van der Waals surface area contributed by atoms with Gasteiger partial charge in [0.1, 0.15) is 12.1 Å². The normalized spacial score (nSPS) is 13.0. The lowest BCUT2D eigenvalue weighted by Crippen LogP contribution is -2.38. The van der Waals surface area contributed by atoms with Gasteiger partial charge in [0.2, 0.25) is 11.8 Å². The van der Waals surface area contributed by atoms with Crippen molar-refractivity contribution in [1.29, 1.82) is 0 Å². The van der Waals surface area contributed by atoms with E-state index >= 15 is 0 Å². The van der Waals surface area contributed by atoms with Crippen molar-refractivity contribution in [2.45, 2.75) is 46.3 Å². The SMILES string of the molecule is Cc1ccc2c(CC(=O)N3CCc4c(cnc(C)c4CNC(=O)Cn4ccnc4)C3)cc(=O)oc2c1. The highest BCUT2D eigenvalue weighted by molar-refractivity contribution is 5.87. The van der Waals surface area contributed by atoms with Crippen LogP contribution in [0.2, 0.25) is 0 Å². The molecule has 0 radical (unpaired) electrons. The van der Waals surface area contributed by atoms with Crippen LogP contribution in [-0.4, -0.2) is 37.8 Å². The van der Waals surface area contributed by atoms with Crippen LogP contribution in [0.3, 0.4) is 0 Å². The van der Waals surface area contributed by atoms with Crippen molar-refractivity contribution in [2.75, 3.05) is 6.54 Å². The van der Waals surface area contributed by atoms with Crippen LogP contribution in [0.4, 0.5) is 0 Å².